The normalized spacial score (nSPS) is 19.1. The predicted molar refractivity (Wildman–Crippen MR) is 122 cm³/mol. The molecule has 0 spiro atoms. The van der Waals surface area contributed by atoms with E-state index in [1.54, 1.807) is 7.11 Å². The minimum Gasteiger partial charge on any atom is -0.497 e. The fourth-order valence-corrected chi connectivity index (χ4v) is 4.99. The van der Waals surface area contributed by atoms with E-state index in [1.807, 2.05) is 24.3 Å². The highest BCUT2D eigenvalue weighted by molar-refractivity contribution is 7.99. The lowest BCUT2D eigenvalue weighted by Gasteiger charge is -2.31. The molecule has 1 amide bonds. The van der Waals surface area contributed by atoms with Crippen molar-refractivity contribution in [1.82, 2.24) is 20.1 Å². The smallest absolute Gasteiger partial charge is 0.230 e. The fourth-order valence-electron chi connectivity index (χ4n) is 4.18. The zero-order chi connectivity index (χ0) is 21.5. The van der Waals surface area contributed by atoms with Crippen molar-refractivity contribution in [3.8, 4) is 17.1 Å². The van der Waals surface area contributed by atoms with Crippen molar-refractivity contribution < 1.29 is 9.53 Å². The lowest BCUT2D eigenvalue weighted by Crippen LogP contribution is -2.35. The number of aromatic nitrogens is 3. The van der Waals surface area contributed by atoms with E-state index in [4.69, 9.17) is 4.74 Å². The monoisotopic (exact) mass is 430 g/mol. The van der Waals surface area contributed by atoms with Gasteiger partial charge in [-0.2, -0.15) is 0 Å². The molecule has 2 aromatic rings. The Bertz CT molecular complexity index is 817. The number of nitrogens with one attached hydrogen (secondary N) is 1. The van der Waals surface area contributed by atoms with Gasteiger partial charge in [0.25, 0.3) is 0 Å². The number of methoxy groups -OCH3 is 1. The van der Waals surface area contributed by atoms with E-state index in [1.165, 1.54) is 31.0 Å². The first-order valence-corrected chi connectivity index (χ1v) is 12.1. The van der Waals surface area contributed by atoms with Gasteiger partial charge in [0.2, 0.25) is 5.91 Å². The van der Waals surface area contributed by atoms with E-state index in [0.717, 1.165) is 41.6 Å². The molecule has 1 N–H and O–H groups in total. The van der Waals surface area contributed by atoms with Gasteiger partial charge in [0, 0.05) is 17.6 Å². The maximum absolute atomic E-state index is 12.4. The van der Waals surface area contributed by atoms with Crippen molar-refractivity contribution in [2.45, 2.75) is 76.5 Å². The van der Waals surface area contributed by atoms with Crippen molar-refractivity contribution in [1.29, 1.82) is 0 Å². The summed E-state index contributed by atoms with van der Waals surface area (Å²) in [6, 6.07) is 8.56. The Labute approximate surface area is 184 Å². The van der Waals surface area contributed by atoms with Crippen LogP contribution in [0.2, 0.25) is 0 Å². The zero-order valence-corrected chi connectivity index (χ0v) is 19.4. The molecule has 6 nitrogen and oxygen atoms in total. The van der Waals surface area contributed by atoms with Gasteiger partial charge in [-0.1, -0.05) is 45.4 Å². The molecule has 1 fully saturated rings. The Morgan fingerprint density at radius 2 is 1.90 bits per heavy atom. The van der Waals surface area contributed by atoms with Gasteiger partial charge in [0.05, 0.1) is 12.9 Å². The molecule has 3 rings (SSSR count). The van der Waals surface area contributed by atoms with Gasteiger partial charge in [-0.25, -0.2) is 0 Å². The van der Waals surface area contributed by atoms with Gasteiger partial charge in [0.15, 0.2) is 11.0 Å². The Kier molecular flexibility index (Phi) is 8.19. The van der Waals surface area contributed by atoms with Gasteiger partial charge >= 0.3 is 0 Å². The molecule has 1 aromatic carbocycles. The number of amides is 1. The molecular weight excluding hydrogens is 396 g/mol. The van der Waals surface area contributed by atoms with Crippen molar-refractivity contribution in [3.63, 3.8) is 0 Å². The number of hydrogen-bond acceptors (Lipinski definition) is 5. The highest BCUT2D eigenvalue weighted by atomic mass is 32.2. The van der Waals surface area contributed by atoms with Gasteiger partial charge in [-0.3, -0.25) is 9.36 Å². The third-order valence-corrected chi connectivity index (χ3v) is 7.04. The Morgan fingerprint density at radius 3 is 2.53 bits per heavy atom. The van der Waals surface area contributed by atoms with Crippen molar-refractivity contribution in [2.24, 2.45) is 5.92 Å². The number of carbonyl (C=O) groups is 1. The highest BCUT2D eigenvalue weighted by Gasteiger charge is 2.29. The molecule has 30 heavy (non-hydrogen) atoms. The largest absolute Gasteiger partial charge is 0.497 e. The standard InChI is InChI=1S/C23H34N4O2S/c1-5-18(6-2)24-21(28)15-30-23-26-25-22(17-11-13-19(29-4)14-12-17)27(23)20-10-8-7-9-16(20)3/h11-14,16,18,20H,5-10,15H2,1-4H3,(H,24,28)/t16-,20-/m1/s1. The van der Waals surface area contributed by atoms with E-state index in [2.05, 4.69) is 40.9 Å². The maximum atomic E-state index is 12.4. The maximum Gasteiger partial charge on any atom is 0.230 e. The SMILES string of the molecule is CCC(CC)NC(=O)CSc1nnc(-c2ccc(OC)cc2)n1[C@@H]1CCCC[C@H]1C. The molecule has 7 heteroatoms. The Hall–Kier alpha value is -2.02. The second-order valence-corrected chi connectivity index (χ2v) is 9.05. The topological polar surface area (TPSA) is 69.0 Å². The summed E-state index contributed by atoms with van der Waals surface area (Å²) in [6.07, 6.45) is 6.72. The number of hydrogen-bond donors (Lipinski definition) is 1. The minimum absolute atomic E-state index is 0.0611. The number of thioether (sulfide) groups is 1. The number of ether oxygens (including phenoxy) is 1. The van der Waals surface area contributed by atoms with Crippen LogP contribution >= 0.6 is 11.8 Å². The molecule has 164 valence electrons. The summed E-state index contributed by atoms with van der Waals surface area (Å²) in [4.78, 5) is 12.4. The van der Waals surface area contributed by atoms with Gasteiger partial charge in [-0.05, 0) is 55.9 Å². The molecule has 1 aliphatic carbocycles. The van der Waals surface area contributed by atoms with Crippen LogP contribution in [0, 0.1) is 5.92 Å². The van der Waals surface area contributed by atoms with Gasteiger partial charge < -0.3 is 10.1 Å². The van der Waals surface area contributed by atoms with Crippen LogP contribution in [0.4, 0.5) is 0 Å². The average molecular weight is 431 g/mol. The van der Waals surface area contributed by atoms with Gasteiger partial charge in [-0.15, -0.1) is 10.2 Å². The fraction of sp³-hybridized carbons (Fsp3) is 0.609. The van der Waals surface area contributed by atoms with E-state index < -0.39 is 0 Å². The van der Waals surface area contributed by atoms with E-state index in [0.29, 0.717) is 17.7 Å². The zero-order valence-electron chi connectivity index (χ0n) is 18.6. The third kappa shape index (κ3) is 5.36. The summed E-state index contributed by atoms with van der Waals surface area (Å²) < 4.78 is 7.58. The number of carbonyl (C=O) groups excluding carboxylic acids is 1. The van der Waals surface area contributed by atoms with E-state index >= 15 is 0 Å². The third-order valence-electron chi connectivity index (χ3n) is 6.09. The lowest BCUT2D eigenvalue weighted by atomic mass is 9.85. The van der Waals surface area contributed by atoms with Crippen molar-refractivity contribution in [3.05, 3.63) is 24.3 Å². The quantitative estimate of drug-likeness (QED) is 0.560. The molecular formula is C23H34N4O2S. The number of nitrogens with zero attached hydrogens (tertiary/aromatic N) is 3. The molecule has 0 saturated heterocycles. The Morgan fingerprint density at radius 1 is 1.20 bits per heavy atom. The van der Waals surface area contributed by atoms with Crippen LogP contribution in [0.3, 0.4) is 0 Å². The first kappa shape index (κ1) is 22.7. The Balaban J connectivity index is 1.85. The van der Waals surface area contributed by atoms with Crippen LogP contribution in [0.1, 0.15) is 65.3 Å². The summed E-state index contributed by atoms with van der Waals surface area (Å²) in [5.74, 6) is 2.68. The summed E-state index contributed by atoms with van der Waals surface area (Å²) in [5, 5.41) is 13.0. The van der Waals surface area contributed by atoms with E-state index in [-0.39, 0.29) is 11.9 Å². The molecule has 0 radical (unpaired) electrons. The number of benzene rings is 1. The van der Waals surface area contributed by atoms with Crippen LogP contribution in [0.25, 0.3) is 11.4 Å². The molecule has 1 aliphatic rings. The molecule has 1 aromatic heterocycles. The van der Waals surface area contributed by atoms with Crippen LogP contribution < -0.4 is 10.1 Å². The predicted octanol–water partition coefficient (Wildman–Crippen LogP) is 5.10. The molecule has 1 heterocycles. The number of rotatable bonds is 9. The minimum atomic E-state index is 0.0611. The lowest BCUT2D eigenvalue weighted by molar-refractivity contribution is -0.119. The van der Waals surface area contributed by atoms with E-state index in [9.17, 15) is 4.79 Å². The summed E-state index contributed by atoms with van der Waals surface area (Å²) in [5.41, 5.74) is 1.02. The van der Waals surface area contributed by atoms with Crippen LogP contribution in [0.5, 0.6) is 5.75 Å². The van der Waals surface area contributed by atoms with Crippen molar-refractivity contribution in [2.75, 3.05) is 12.9 Å². The first-order chi connectivity index (χ1) is 14.6. The van der Waals surface area contributed by atoms with Crippen LogP contribution in [-0.4, -0.2) is 39.6 Å². The van der Waals surface area contributed by atoms with Crippen molar-refractivity contribution >= 4 is 17.7 Å². The van der Waals surface area contributed by atoms with Gasteiger partial charge in [0.1, 0.15) is 5.75 Å². The molecule has 2 atom stereocenters. The first-order valence-electron chi connectivity index (χ1n) is 11.1. The molecule has 1 saturated carbocycles. The molecule has 0 unspecified atom stereocenters. The highest BCUT2D eigenvalue weighted by Crippen LogP contribution is 2.39. The molecule has 0 bridgehead atoms. The second-order valence-electron chi connectivity index (χ2n) is 8.10. The molecule has 0 aliphatic heterocycles. The average Bonchev–Trinajstić information content (AvgIpc) is 3.20. The van der Waals surface area contributed by atoms with Crippen LogP contribution in [0.15, 0.2) is 29.4 Å². The summed E-state index contributed by atoms with van der Waals surface area (Å²) in [7, 11) is 1.67. The summed E-state index contributed by atoms with van der Waals surface area (Å²) >= 11 is 1.49. The second kappa shape index (κ2) is 10.8. The summed E-state index contributed by atoms with van der Waals surface area (Å²) in [6.45, 7) is 6.52. The van der Waals surface area contributed by atoms with Crippen LogP contribution in [-0.2, 0) is 4.79 Å².